The Hall–Kier alpha value is -2.04. The number of nitrogens with zero attached hydrogens (tertiary/aromatic N) is 1. The van der Waals surface area contributed by atoms with Gasteiger partial charge in [-0.25, -0.2) is 0 Å². The number of carbonyl (C=O) groups excluding carboxylic acids is 2. The normalized spacial score (nSPS) is 15.4. The molecule has 2 rings (SSSR count). The first-order chi connectivity index (χ1) is 12.0. The van der Waals surface area contributed by atoms with Crippen LogP contribution in [-0.2, 0) is 16.0 Å². The monoisotopic (exact) mass is 345 g/mol. The van der Waals surface area contributed by atoms with E-state index in [9.17, 15) is 9.59 Å². The number of hydrogen-bond acceptors (Lipinski definition) is 3. The quantitative estimate of drug-likeness (QED) is 0.833. The molecule has 0 radical (unpaired) electrons. The summed E-state index contributed by atoms with van der Waals surface area (Å²) < 4.78 is 0. The summed E-state index contributed by atoms with van der Waals surface area (Å²) in [4.78, 5) is 26.1. The largest absolute Gasteiger partial charge is 0.376 e. The van der Waals surface area contributed by atoms with E-state index in [2.05, 4.69) is 10.6 Å². The first kappa shape index (κ1) is 19.3. The fourth-order valence-electron chi connectivity index (χ4n) is 3.09. The number of likely N-dealkylation sites (tertiary alicyclic amines) is 1. The van der Waals surface area contributed by atoms with E-state index in [0.29, 0.717) is 13.0 Å². The van der Waals surface area contributed by atoms with Gasteiger partial charge in [-0.1, -0.05) is 31.4 Å². The van der Waals surface area contributed by atoms with Crippen LogP contribution in [0.2, 0.25) is 0 Å². The lowest BCUT2D eigenvalue weighted by atomic mass is 10.1. The Morgan fingerprint density at radius 1 is 1.00 bits per heavy atom. The molecule has 0 aliphatic carbocycles. The standard InChI is InChI=1S/C20H31N3O2/c1-16(2)22-19(24)14-17-8-10-18(11-9-17)21-15-20(25)23-12-6-4-3-5-7-13-23/h8-11,16,21H,3-7,12-15H2,1-2H3,(H,22,24). The lowest BCUT2D eigenvalue weighted by molar-refractivity contribution is -0.129. The van der Waals surface area contributed by atoms with Crippen molar-refractivity contribution in [3.8, 4) is 0 Å². The van der Waals surface area contributed by atoms with E-state index < -0.39 is 0 Å². The minimum absolute atomic E-state index is 0.0305. The van der Waals surface area contributed by atoms with E-state index in [1.807, 2.05) is 43.0 Å². The van der Waals surface area contributed by atoms with Gasteiger partial charge in [0.1, 0.15) is 0 Å². The molecule has 1 aromatic rings. The van der Waals surface area contributed by atoms with Crippen molar-refractivity contribution in [1.82, 2.24) is 10.2 Å². The maximum atomic E-state index is 12.4. The molecular weight excluding hydrogens is 314 g/mol. The van der Waals surface area contributed by atoms with Crippen LogP contribution in [0, 0.1) is 0 Å². The summed E-state index contributed by atoms with van der Waals surface area (Å²) in [7, 11) is 0. The average molecular weight is 345 g/mol. The van der Waals surface area contributed by atoms with Gasteiger partial charge in [0, 0.05) is 24.8 Å². The molecule has 2 N–H and O–H groups in total. The lowest BCUT2D eigenvalue weighted by Crippen LogP contribution is -2.37. The van der Waals surface area contributed by atoms with Gasteiger partial charge in [-0.05, 0) is 44.4 Å². The van der Waals surface area contributed by atoms with Gasteiger partial charge in [0.25, 0.3) is 0 Å². The zero-order chi connectivity index (χ0) is 18.1. The van der Waals surface area contributed by atoms with E-state index in [1.54, 1.807) is 0 Å². The summed E-state index contributed by atoms with van der Waals surface area (Å²) in [6.45, 7) is 5.99. The first-order valence-corrected chi connectivity index (χ1v) is 9.44. The number of nitrogens with one attached hydrogen (secondary N) is 2. The van der Waals surface area contributed by atoms with E-state index in [4.69, 9.17) is 0 Å². The summed E-state index contributed by atoms with van der Waals surface area (Å²) in [5, 5.41) is 6.09. The van der Waals surface area contributed by atoms with Crippen molar-refractivity contribution in [1.29, 1.82) is 0 Å². The molecule has 1 fully saturated rings. The molecule has 0 aromatic heterocycles. The Bertz CT molecular complexity index is 547. The fourth-order valence-corrected chi connectivity index (χ4v) is 3.09. The molecule has 1 aliphatic rings. The average Bonchev–Trinajstić information content (AvgIpc) is 2.53. The highest BCUT2D eigenvalue weighted by atomic mass is 16.2. The molecule has 0 bridgehead atoms. The second-order valence-corrected chi connectivity index (χ2v) is 7.10. The molecule has 1 aliphatic heterocycles. The molecule has 0 saturated carbocycles. The van der Waals surface area contributed by atoms with Crippen LogP contribution in [0.25, 0.3) is 0 Å². The summed E-state index contributed by atoms with van der Waals surface area (Å²) in [5.41, 5.74) is 1.88. The van der Waals surface area contributed by atoms with Gasteiger partial charge in [-0.15, -0.1) is 0 Å². The Balaban J connectivity index is 1.78. The number of anilines is 1. The number of rotatable bonds is 6. The van der Waals surface area contributed by atoms with Crippen molar-refractivity contribution in [2.45, 2.75) is 58.4 Å². The minimum Gasteiger partial charge on any atom is -0.376 e. The number of carbonyl (C=O) groups is 2. The molecule has 0 spiro atoms. The molecule has 1 saturated heterocycles. The molecule has 1 aromatic carbocycles. The maximum absolute atomic E-state index is 12.4. The number of benzene rings is 1. The van der Waals surface area contributed by atoms with Gasteiger partial charge in [0.05, 0.1) is 13.0 Å². The third kappa shape index (κ3) is 7.16. The Kier molecular flexibility index (Phi) is 7.76. The lowest BCUT2D eigenvalue weighted by Gasteiger charge is -2.25. The van der Waals surface area contributed by atoms with Crippen LogP contribution in [0.15, 0.2) is 24.3 Å². The second kappa shape index (κ2) is 10.1. The highest BCUT2D eigenvalue weighted by Gasteiger charge is 2.14. The van der Waals surface area contributed by atoms with Crippen LogP contribution in [0.3, 0.4) is 0 Å². The molecule has 25 heavy (non-hydrogen) atoms. The van der Waals surface area contributed by atoms with Crippen molar-refractivity contribution in [3.05, 3.63) is 29.8 Å². The predicted octanol–water partition coefficient (Wildman–Crippen LogP) is 2.96. The third-order valence-corrected chi connectivity index (χ3v) is 4.42. The topological polar surface area (TPSA) is 61.4 Å². The van der Waals surface area contributed by atoms with E-state index >= 15 is 0 Å². The fraction of sp³-hybridized carbons (Fsp3) is 0.600. The molecule has 2 amide bonds. The van der Waals surface area contributed by atoms with Gasteiger partial charge >= 0.3 is 0 Å². The maximum Gasteiger partial charge on any atom is 0.241 e. The second-order valence-electron chi connectivity index (χ2n) is 7.10. The molecule has 0 unspecified atom stereocenters. The van der Waals surface area contributed by atoms with Crippen LogP contribution in [0.1, 0.15) is 51.5 Å². The summed E-state index contributed by atoms with van der Waals surface area (Å²) in [5.74, 6) is 0.199. The molecule has 0 atom stereocenters. The van der Waals surface area contributed by atoms with Crippen LogP contribution in [0.4, 0.5) is 5.69 Å². The van der Waals surface area contributed by atoms with E-state index in [-0.39, 0.29) is 17.9 Å². The van der Waals surface area contributed by atoms with Crippen LogP contribution in [-0.4, -0.2) is 42.4 Å². The molecule has 5 heteroatoms. The SMILES string of the molecule is CC(C)NC(=O)Cc1ccc(NCC(=O)N2CCCCCCC2)cc1. The van der Waals surface area contributed by atoms with Gasteiger partial charge in [0.15, 0.2) is 0 Å². The van der Waals surface area contributed by atoms with Crippen molar-refractivity contribution in [2.24, 2.45) is 0 Å². The van der Waals surface area contributed by atoms with Crippen LogP contribution >= 0.6 is 0 Å². The zero-order valence-corrected chi connectivity index (χ0v) is 15.5. The van der Waals surface area contributed by atoms with Crippen molar-refractivity contribution < 1.29 is 9.59 Å². The molecular formula is C20H31N3O2. The third-order valence-electron chi connectivity index (χ3n) is 4.42. The highest BCUT2D eigenvalue weighted by molar-refractivity contribution is 5.81. The Labute approximate surface area is 151 Å². The summed E-state index contributed by atoms with van der Waals surface area (Å²) in [6.07, 6.45) is 6.34. The van der Waals surface area contributed by atoms with Gasteiger partial charge < -0.3 is 15.5 Å². The Morgan fingerprint density at radius 2 is 1.60 bits per heavy atom. The Morgan fingerprint density at radius 3 is 2.20 bits per heavy atom. The van der Waals surface area contributed by atoms with E-state index in [1.165, 1.54) is 19.3 Å². The number of hydrogen-bond donors (Lipinski definition) is 2. The van der Waals surface area contributed by atoms with Gasteiger partial charge in [0.2, 0.25) is 11.8 Å². The minimum atomic E-state index is 0.0305. The molecule has 1 heterocycles. The van der Waals surface area contributed by atoms with Crippen LogP contribution < -0.4 is 10.6 Å². The molecule has 138 valence electrons. The van der Waals surface area contributed by atoms with Crippen molar-refractivity contribution >= 4 is 17.5 Å². The van der Waals surface area contributed by atoms with Gasteiger partial charge in [-0.2, -0.15) is 0 Å². The molecule has 5 nitrogen and oxygen atoms in total. The van der Waals surface area contributed by atoms with Gasteiger partial charge in [-0.3, -0.25) is 9.59 Å². The van der Waals surface area contributed by atoms with E-state index in [0.717, 1.165) is 37.2 Å². The predicted molar refractivity (Wildman–Crippen MR) is 102 cm³/mol. The van der Waals surface area contributed by atoms with Crippen LogP contribution in [0.5, 0.6) is 0 Å². The number of amides is 2. The van der Waals surface area contributed by atoms with Crippen molar-refractivity contribution in [2.75, 3.05) is 25.0 Å². The first-order valence-electron chi connectivity index (χ1n) is 9.44. The highest BCUT2D eigenvalue weighted by Crippen LogP contribution is 2.12. The smallest absolute Gasteiger partial charge is 0.241 e. The van der Waals surface area contributed by atoms with Crippen molar-refractivity contribution in [3.63, 3.8) is 0 Å². The summed E-state index contributed by atoms with van der Waals surface area (Å²) in [6, 6.07) is 7.88. The zero-order valence-electron chi connectivity index (χ0n) is 15.5. The summed E-state index contributed by atoms with van der Waals surface area (Å²) >= 11 is 0.